The SMILES string of the molecule is COC(=O)N(C)c1ccc(NC(=O)/C=C/c2c(C)nn(Cc3ccc(Cl)cc3)c2Cl)cc1. The number of aryl methyl sites for hydroxylation is 1. The number of aromatic nitrogens is 2. The predicted octanol–water partition coefficient (Wildman–Crippen LogP) is 5.40. The lowest BCUT2D eigenvalue weighted by Crippen LogP contribution is -2.25. The topological polar surface area (TPSA) is 76.5 Å². The van der Waals surface area contributed by atoms with Crippen LogP contribution in [0.4, 0.5) is 16.2 Å². The quantitative estimate of drug-likeness (QED) is 0.487. The second-order valence-corrected chi connectivity index (χ2v) is 7.77. The van der Waals surface area contributed by atoms with Crippen LogP contribution in [0.5, 0.6) is 0 Å². The number of ether oxygens (including phenoxy) is 1. The Labute approximate surface area is 196 Å². The van der Waals surface area contributed by atoms with Crippen LogP contribution in [-0.4, -0.2) is 35.9 Å². The minimum Gasteiger partial charge on any atom is -0.452 e. The Kier molecular flexibility index (Phi) is 7.56. The second kappa shape index (κ2) is 10.3. The smallest absolute Gasteiger partial charge is 0.413 e. The van der Waals surface area contributed by atoms with Crippen molar-refractivity contribution in [3.05, 3.63) is 81.6 Å². The van der Waals surface area contributed by atoms with E-state index >= 15 is 0 Å². The van der Waals surface area contributed by atoms with Crippen LogP contribution in [-0.2, 0) is 16.1 Å². The van der Waals surface area contributed by atoms with Crippen LogP contribution in [0.25, 0.3) is 6.08 Å². The van der Waals surface area contributed by atoms with Crippen molar-refractivity contribution in [1.82, 2.24) is 9.78 Å². The third-order valence-electron chi connectivity index (χ3n) is 4.73. The molecule has 0 unspecified atom stereocenters. The highest BCUT2D eigenvalue weighted by molar-refractivity contribution is 6.31. The maximum atomic E-state index is 12.3. The first kappa shape index (κ1) is 23.4. The maximum absolute atomic E-state index is 12.3. The standard InChI is InChI=1S/C23H22Cl2N4O3/c1-15-20(22(25)29(27-15)14-16-4-6-17(24)7-5-16)12-13-21(30)26-18-8-10-19(11-9-18)28(2)23(31)32-3/h4-13H,14H2,1-3H3,(H,26,30)/b13-12+. The van der Waals surface area contributed by atoms with Crippen LogP contribution in [0.3, 0.4) is 0 Å². The minimum atomic E-state index is -0.478. The fourth-order valence-corrected chi connectivity index (χ4v) is 3.40. The summed E-state index contributed by atoms with van der Waals surface area (Å²) in [5.74, 6) is -0.319. The van der Waals surface area contributed by atoms with Gasteiger partial charge in [0.25, 0.3) is 0 Å². The average molecular weight is 473 g/mol. The third-order valence-corrected chi connectivity index (χ3v) is 5.38. The van der Waals surface area contributed by atoms with E-state index in [0.29, 0.717) is 39.4 Å². The molecular formula is C23H22Cl2N4O3. The molecule has 1 aromatic heterocycles. The second-order valence-electron chi connectivity index (χ2n) is 6.97. The first-order valence-corrected chi connectivity index (χ1v) is 10.4. The summed E-state index contributed by atoms with van der Waals surface area (Å²) >= 11 is 12.4. The van der Waals surface area contributed by atoms with E-state index in [1.807, 2.05) is 31.2 Å². The number of halogens is 2. The van der Waals surface area contributed by atoms with Gasteiger partial charge in [-0.15, -0.1) is 0 Å². The van der Waals surface area contributed by atoms with Crippen molar-refractivity contribution in [1.29, 1.82) is 0 Å². The zero-order valence-electron chi connectivity index (χ0n) is 17.8. The fraction of sp³-hybridized carbons (Fsp3) is 0.174. The molecule has 2 aromatic carbocycles. The van der Waals surface area contributed by atoms with Gasteiger partial charge in [0, 0.05) is 35.1 Å². The number of hydrogen-bond donors (Lipinski definition) is 1. The Morgan fingerprint density at radius 3 is 2.41 bits per heavy atom. The first-order chi connectivity index (χ1) is 15.3. The van der Waals surface area contributed by atoms with Gasteiger partial charge in [0.1, 0.15) is 5.15 Å². The van der Waals surface area contributed by atoms with E-state index in [4.69, 9.17) is 23.2 Å². The summed E-state index contributed by atoms with van der Waals surface area (Å²) in [7, 11) is 2.91. The van der Waals surface area contributed by atoms with Crippen molar-refractivity contribution in [3.63, 3.8) is 0 Å². The van der Waals surface area contributed by atoms with Crippen molar-refractivity contribution < 1.29 is 14.3 Å². The number of rotatable bonds is 6. The highest BCUT2D eigenvalue weighted by atomic mass is 35.5. The van der Waals surface area contributed by atoms with Crippen molar-refractivity contribution in [3.8, 4) is 0 Å². The molecule has 9 heteroatoms. The van der Waals surface area contributed by atoms with E-state index in [0.717, 1.165) is 5.56 Å². The number of amides is 2. The van der Waals surface area contributed by atoms with Gasteiger partial charge in [-0.25, -0.2) is 9.48 Å². The normalized spacial score (nSPS) is 10.9. The van der Waals surface area contributed by atoms with Gasteiger partial charge in [-0.3, -0.25) is 9.69 Å². The summed E-state index contributed by atoms with van der Waals surface area (Å²) in [4.78, 5) is 25.3. The molecule has 0 saturated carbocycles. The van der Waals surface area contributed by atoms with Gasteiger partial charge < -0.3 is 10.1 Å². The zero-order valence-corrected chi connectivity index (χ0v) is 19.3. The zero-order chi connectivity index (χ0) is 23.3. The van der Waals surface area contributed by atoms with E-state index in [1.165, 1.54) is 18.1 Å². The lowest BCUT2D eigenvalue weighted by Gasteiger charge is -2.15. The number of benzene rings is 2. The molecule has 166 valence electrons. The molecule has 0 fully saturated rings. The Morgan fingerprint density at radius 1 is 1.12 bits per heavy atom. The van der Waals surface area contributed by atoms with Gasteiger partial charge in [-0.05, 0) is 55.0 Å². The monoisotopic (exact) mass is 472 g/mol. The van der Waals surface area contributed by atoms with Gasteiger partial charge in [0.05, 0.1) is 19.3 Å². The molecule has 3 rings (SSSR count). The molecule has 0 atom stereocenters. The van der Waals surface area contributed by atoms with Gasteiger partial charge in [-0.1, -0.05) is 35.3 Å². The van der Waals surface area contributed by atoms with E-state index in [9.17, 15) is 9.59 Å². The molecule has 0 spiro atoms. The number of nitrogens with one attached hydrogen (secondary N) is 1. The summed E-state index contributed by atoms with van der Waals surface area (Å²) in [6, 6.07) is 14.3. The molecule has 0 aliphatic rings. The molecule has 0 bridgehead atoms. The van der Waals surface area contributed by atoms with E-state index < -0.39 is 6.09 Å². The minimum absolute atomic E-state index is 0.319. The van der Waals surface area contributed by atoms with Crippen LogP contribution in [0.2, 0.25) is 10.2 Å². The van der Waals surface area contributed by atoms with Crippen molar-refractivity contribution in [2.45, 2.75) is 13.5 Å². The molecule has 7 nitrogen and oxygen atoms in total. The Hall–Kier alpha value is -3.29. The van der Waals surface area contributed by atoms with E-state index in [-0.39, 0.29) is 5.91 Å². The summed E-state index contributed by atoms with van der Waals surface area (Å²) in [6.07, 6.45) is 2.56. The molecule has 1 heterocycles. The molecule has 32 heavy (non-hydrogen) atoms. The maximum Gasteiger partial charge on any atom is 0.413 e. The predicted molar refractivity (Wildman–Crippen MR) is 127 cm³/mol. The first-order valence-electron chi connectivity index (χ1n) is 9.66. The van der Waals surface area contributed by atoms with Crippen molar-refractivity contribution in [2.24, 2.45) is 0 Å². The molecule has 0 radical (unpaired) electrons. The Bertz CT molecular complexity index is 1140. The number of nitrogens with zero attached hydrogens (tertiary/aromatic N) is 3. The lowest BCUT2D eigenvalue weighted by atomic mass is 10.2. The average Bonchev–Trinajstić information content (AvgIpc) is 3.05. The van der Waals surface area contributed by atoms with Crippen LogP contribution in [0.1, 0.15) is 16.8 Å². The molecule has 0 saturated heterocycles. The number of anilines is 2. The van der Waals surface area contributed by atoms with Gasteiger partial charge in [0.2, 0.25) is 5.91 Å². The van der Waals surface area contributed by atoms with Gasteiger partial charge >= 0.3 is 6.09 Å². The molecular weight excluding hydrogens is 451 g/mol. The molecule has 1 N–H and O–H groups in total. The number of hydrogen-bond acceptors (Lipinski definition) is 4. The van der Waals surface area contributed by atoms with Crippen LogP contribution < -0.4 is 10.2 Å². The highest BCUT2D eigenvalue weighted by Crippen LogP contribution is 2.23. The number of methoxy groups -OCH3 is 1. The van der Waals surface area contributed by atoms with Crippen molar-refractivity contribution >= 4 is 52.7 Å². The largest absolute Gasteiger partial charge is 0.452 e. The summed E-state index contributed by atoms with van der Waals surface area (Å²) in [6.45, 7) is 2.32. The summed E-state index contributed by atoms with van der Waals surface area (Å²) in [5, 5.41) is 8.34. The number of carbonyl (C=O) groups excluding carboxylic acids is 2. The molecule has 2 amide bonds. The molecule has 3 aromatic rings. The number of carbonyl (C=O) groups is 2. The highest BCUT2D eigenvalue weighted by Gasteiger charge is 2.13. The van der Waals surface area contributed by atoms with Crippen LogP contribution in [0.15, 0.2) is 54.6 Å². The van der Waals surface area contributed by atoms with E-state index in [2.05, 4.69) is 15.2 Å². The van der Waals surface area contributed by atoms with E-state index in [1.54, 1.807) is 42.1 Å². The Morgan fingerprint density at radius 2 is 1.78 bits per heavy atom. The van der Waals surface area contributed by atoms with Gasteiger partial charge in [-0.2, -0.15) is 5.10 Å². The van der Waals surface area contributed by atoms with Crippen LogP contribution >= 0.6 is 23.2 Å². The van der Waals surface area contributed by atoms with Crippen molar-refractivity contribution in [2.75, 3.05) is 24.4 Å². The lowest BCUT2D eigenvalue weighted by molar-refractivity contribution is -0.111. The summed E-state index contributed by atoms with van der Waals surface area (Å²) in [5.41, 5.74) is 3.62. The van der Waals surface area contributed by atoms with Gasteiger partial charge in [0.15, 0.2) is 0 Å². The van der Waals surface area contributed by atoms with Crippen LogP contribution in [0, 0.1) is 6.92 Å². The summed E-state index contributed by atoms with van der Waals surface area (Å²) < 4.78 is 6.35. The Balaban J connectivity index is 1.66. The fourth-order valence-electron chi connectivity index (χ4n) is 2.98. The third kappa shape index (κ3) is 5.69. The molecule has 0 aliphatic carbocycles. The molecule has 0 aliphatic heterocycles.